The predicted molar refractivity (Wildman–Crippen MR) is 162 cm³/mol. The Morgan fingerprint density at radius 3 is 2.43 bits per heavy atom. The third-order valence-corrected chi connectivity index (χ3v) is 8.00. The van der Waals surface area contributed by atoms with Crippen molar-refractivity contribution in [2.75, 3.05) is 51.8 Å². The largest absolute Gasteiger partial charge is 0.467 e. The van der Waals surface area contributed by atoms with Crippen LogP contribution in [-0.4, -0.2) is 83.6 Å². The van der Waals surface area contributed by atoms with Crippen molar-refractivity contribution < 1.29 is 18.3 Å². The van der Waals surface area contributed by atoms with E-state index in [0.717, 1.165) is 5.39 Å². The lowest BCUT2D eigenvalue weighted by Crippen LogP contribution is -2.54. The van der Waals surface area contributed by atoms with Crippen LogP contribution in [0.4, 0.5) is 14.6 Å². The molecule has 1 amide bonds. The first-order chi connectivity index (χ1) is 20.2. The average Bonchev–Trinajstić information content (AvgIpc) is 3.47. The zero-order chi connectivity index (χ0) is 30.0. The van der Waals surface area contributed by atoms with Crippen LogP contribution in [0.15, 0.2) is 55.0 Å². The maximum atomic E-state index is 16.1. The van der Waals surface area contributed by atoms with Crippen molar-refractivity contribution in [2.24, 2.45) is 0 Å². The molecule has 1 unspecified atom stereocenters. The molecular weight excluding hydrogens is 562 g/mol. The van der Waals surface area contributed by atoms with E-state index in [-0.39, 0.29) is 36.4 Å². The summed E-state index contributed by atoms with van der Waals surface area (Å²) in [7, 11) is 3.58. The van der Waals surface area contributed by atoms with Gasteiger partial charge in [0.2, 0.25) is 0 Å². The SMILES string of the molecule is C=C(F)C(=O)N1CCN(c2nc(OC)nc3c(F)c(-c4cccc5cccc(Cl)c45)ncc23)C(C)C1.CN1CCCC1. The molecule has 0 aliphatic carbocycles. The predicted octanol–water partition coefficient (Wildman–Crippen LogP) is 5.88. The molecule has 0 radical (unpaired) electrons. The smallest absolute Gasteiger partial charge is 0.318 e. The van der Waals surface area contributed by atoms with Gasteiger partial charge in [-0.1, -0.05) is 48.5 Å². The summed E-state index contributed by atoms with van der Waals surface area (Å²) in [5.41, 5.74) is 0.704. The number of likely N-dealkylation sites (tertiary alicyclic amines) is 1. The number of hydrogen-bond acceptors (Lipinski definition) is 7. The average molecular weight is 595 g/mol. The van der Waals surface area contributed by atoms with Gasteiger partial charge in [-0.15, -0.1) is 0 Å². The quantitative estimate of drug-likeness (QED) is 0.273. The third kappa shape index (κ3) is 5.87. The van der Waals surface area contributed by atoms with E-state index in [9.17, 15) is 9.18 Å². The number of ether oxygens (including phenoxy) is 1. The second kappa shape index (κ2) is 12.5. The van der Waals surface area contributed by atoms with Crippen LogP contribution in [-0.2, 0) is 4.79 Å². The van der Waals surface area contributed by atoms with Crippen molar-refractivity contribution in [1.29, 1.82) is 0 Å². The standard InChI is InChI=1S/C26H22ClF2N5O2.C5H11N/c1-14-13-33(25(35)15(2)28)10-11-34(14)24-18-12-30-22(21(29)23(18)31-26(32-24)36-3)17-8-4-6-16-7-5-9-19(27)20(16)17;1-6-4-2-3-5-6/h4-9,12,14H,2,10-11,13H2,1,3H3;2-5H2,1H3. The van der Waals surface area contributed by atoms with Crippen LogP contribution in [0.5, 0.6) is 6.01 Å². The fraction of sp³-hybridized carbons (Fsp3) is 0.355. The minimum atomic E-state index is -1.00. The summed E-state index contributed by atoms with van der Waals surface area (Å²) >= 11 is 6.47. The molecule has 4 aromatic rings. The van der Waals surface area contributed by atoms with Crippen molar-refractivity contribution in [1.82, 2.24) is 24.8 Å². The Hall–Kier alpha value is -3.89. The number of benzene rings is 2. The van der Waals surface area contributed by atoms with E-state index in [0.29, 0.717) is 33.7 Å². The first-order valence-corrected chi connectivity index (χ1v) is 14.2. The summed E-state index contributed by atoms with van der Waals surface area (Å²) < 4.78 is 34.7. The van der Waals surface area contributed by atoms with Gasteiger partial charge in [0.1, 0.15) is 17.0 Å². The number of anilines is 1. The van der Waals surface area contributed by atoms with E-state index in [2.05, 4.69) is 33.5 Å². The van der Waals surface area contributed by atoms with Gasteiger partial charge in [0.15, 0.2) is 11.6 Å². The van der Waals surface area contributed by atoms with Crippen LogP contribution >= 0.6 is 11.6 Å². The Kier molecular flexibility index (Phi) is 8.84. The lowest BCUT2D eigenvalue weighted by Gasteiger charge is -2.40. The van der Waals surface area contributed by atoms with Crippen molar-refractivity contribution in [3.63, 3.8) is 0 Å². The molecule has 0 saturated carbocycles. The number of methoxy groups -OCH3 is 1. The molecule has 4 heterocycles. The second-order valence-corrected chi connectivity index (χ2v) is 11.0. The maximum absolute atomic E-state index is 16.1. The fourth-order valence-corrected chi connectivity index (χ4v) is 5.80. The monoisotopic (exact) mass is 594 g/mol. The molecule has 0 N–H and O–H groups in total. The summed E-state index contributed by atoms with van der Waals surface area (Å²) in [5.74, 6) is -1.95. The summed E-state index contributed by atoms with van der Waals surface area (Å²) in [5, 5.41) is 2.43. The first-order valence-electron chi connectivity index (χ1n) is 13.9. The number of halogens is 3. The number of carbonyl (C=O) groups is 1. The number of aromatic nitrogens is 3. The van der Waals surface area contributed by atoms with E-state index in [1.165, 1.54) is 44.1 Å². The number of hydrogen-bond donors (Lipinski definition) is 0. The Morgan fingerprint density at radius 2 is 1.81 bits per heavy atom. The van der Waals surface area contributed by atoms with Crippen LogP contribution in [0.1, 0.15) is 19.8 Å². The molecule has 42 heavy (non-hydrogen) atoms. The minimum absolute atomic E-state index is 0.00709. The molecule has 2 aromatic carbocycles. The lowest BCUT2D eigenvalue weighted by atomic mass is 10.0. The fourth-order valence-electron chi connectivity index (χ4n) is 5.52. The molecule has 2 aromatic heterocycles. The van der Waals surface area contributed by atoms with Crippen molar-refractivity contribution >= 4 is 45.0 Å². The van der Waals surface area contributed by atoms with Crippen molar-refractivity contribution in [3.05, 3.63) is 65.8 Å². The molecule has 2 fully saturated rings. The van der Waals surface area contributed by atoms with Gasteiger partial charge in [-0.3, -0.25) is 9.78 Å². The minimum Gasteiger partial charge on any atom is -0.467 e. The van der Waals surface area contributed by atoms with Crippen molar-refractivity contribution in [2.45, 2.75) is 25.8 Å². The number of amides is 1. The van der Waals surface area contributed by atoms with Crippen LogP contribution in [0.25, 0.3) is 32.9 Å². The van der Waals surface area contributed by atoms with Gasteiger partial charge >= 0.3 is 6.01 Å². The van der Waals surface area contributed by atoms with Gasteiger partial charge < -0.3 is 19.4 Å². The number of pyridine rings is 1. The molecule has 8 nitrogen and oxygen atoms in total. The number of fused-ring (bicyclic) bond motifs is 2. The summed E-state index contributed by atoms with van der Waals surface area (Å²) in [6.07, 6.45) is 4.36. The molecule has 1 atom stereocenters. The van der Waals surface area contributed by atoms with Gasteiger partial charge in [-0.2, -0.15) is 9.97 Å². The lowest BCUT2D eigenvalue weighted by molar-refractivity contribution is -0.129. The van der Waals surface area contributed by atoms with E-state index in [1.807, 2.05) is 36.1 Å². The van der Waals surface area contributed by atoms with E-state index >= 15 is 4.39 Å². The van der Waals surface area contributed by atoms with Gasteiger partial charge in [0.25, 0.3) is 5.91 Å². The number of carbonyl (C=O) groups excluding carboxylic acids is 1. The maximum Gasteiger partial charge on any atom is 0.318 e. The third-order valence-electron chi connectivity index (χ3n) is 7.68. The van der Waals surface area contributed by atoms with E-state index in [4.69, 9.17) is 16.3 Å². The zero-order valence-electron chi connectivity index (χ0n) is 23.9. The normalized spacial score (nSPS) is 17.3. The highest BCUT2D eigenvalue weighted by atomic mass is 35.5. The number of rotatable bonds is 4. The molecule has 11 heteroatoms. The second-order valence-electron chi connectivity index (χ2n) is 10.6. The molecule has 2 aliphatic heterocycles. The van der Waals surface area contributed by atoms with E-state index < -0.39 is 17.6 Å². The highest BCUT2D eigenvalue weighted by molar-refractivity contribution is 6.36. The Bertz CT molecular complexity index is 1640. The van der Waals surface area contributed by atoms with Gasteiger partial charge in [-0.25, -0.2) is 8.78 Å². The zero-order valence-corrected chi connectivity index (χ0v) is 24.7. The van der Waals surface area contributed by atoms with Crippen LogP contribution in [0.2, 0.25) is 5.02 Å². The molecule has 0 spiro atoms. The van der Waals surface area contributed by atoms with Crippen LogP contribution in [0.3, 0.4) is 0 Å². The molecular formula is C31H33ClF2N6O2. The topological polar surface area (TPSA) is 74.7 Å². The van der Waals surface area contributed by atoms with Gasteiger partial charge in [0, 0.05) is 47.8 Å². The summed E-state index contributed by atoms with van der Waals surface area (Å²) in [4.78, 5) is 31.0. The first kappa shape index (κ1) is 29.6. The Balaban J connectivity index is 0.000000524. The molecule has 2 saturated heterocycles. The number of piperazine rings is 1. The highest BCUT2D eigenvalue weighted by Gasteiger charge is 2.31. The number of nitrogens with zero attached hydrogens (tertiary/aromatic N) is 6. The Labute approximate surface area is 248 Å². The van der Waals surface area contributed by atoms with Crippen LogP contribution < -0.4 is 9.64 Å². The molecule has 2 aliphatic rings. The summed E-state index contributed by atoms with van der Waals surface area (Å²) in [6.45, 7) is 8.45. The molecule has 0 bridgehead atoms. The summed E-state index contributed by atoms with van der Waals surface area (Å²) in [6, 6.07) is 10.7. The van der Waals surface area contributed by atoms with E-state index in [1.54, 1.807) is 12.1 Å². The van der Waals surface area contributed by atoms with Crippen LogP contribution in [0, 0.1) is 5.82 Å². The molecule has 6 rings (SSSR count). The highest BCUT2D eigenvalue weighted by Crippen LogP contribution is 2.37. The van der Waals surface area contributed by atoms with Gasteiger partial charge in [-0.05, 0) is 51.4 Å². The van der Waals surface area contributed by atoms with Gasteiger partial charge in [0.05, 0.1) is 12.5 Å². The molecule has 220 valence electrons. The Morgan fingerprint density at radius 1 is 1.10 bits per heavy atom. The van der Waals surface area contributed by atoms with Crippen molar-refractivity contribution in [3.8, 4) is 17.3 Å².